The zero-order valence-corrected chi connectivity index (χ0v) is 14.6. The van der Waals surface area contributed by atoms with Gasteiger partial charge in [-0.15, -0.1) is 11.3 Å². The molecule has 0 saturated carbocycles. The third kappa shape index (κ3) is 3.07. The van der Waals surface area contributed by atoms with Crippen LogP contribution in [-0.4, -0.2) is 24.5 Å². The average molecular weight is 345 g/mol. The Hall–Kier alpha value is 0.1000. The van der Waals surface area contributed by atoms with Crippen LogP contribution in [0, 0.1) is 12.3 Å². The summed E-state index contributed by atoms with van der Waals surface area (Å²) < 4.78 is 1.22. The van der Waals surface area contributed by atoms with Gasteiger partial charge < -0.3 is 5.73 Å². The maximum absolute atomic E-state index is 6.07. The van der Waals surface area contributed by atoms with Gasteiger partial charge in [-0.25, -0.2) is 0 Å². The maximum atomic E-state index is 6.07. The van der Waals surface area contributed by atoms with Crippen LogP contribution in [0.3, 0.4) is 0 Å². The number of halogens is 1. The zero-order chi connectivity index (χ0) is 14.0. The van der Waals surface area contributed by atoms with E-state index in [0.717, 1.165) is 6.54 Å². The molecule has 2 heterocycles. The minimum Gasteiger partial charge on any atom is -0.329 e. The smallest absolute Gasteiger partial charge is 0.0565 e. The number of hydrogen-bond donors (Lipinski definition) is 1. The highest BCUT2D eigenvalue weighted by Crippen LogP contribution is 2.42. The van der Waals surface area contributed by atoms with Gasteiger partial charge in [-0.3, -0.25) is 4.90 Å². The second-order valence-electron chi connectivity index (χ2n) is 5.73. The third-order valence-electron chi connectivity index (χ3n) is 4.84. The summed E-state index contributed by atoms with van der Waals surface area (Å²) in [5.41, 5.74) is 6.59. The molecular formula is C15H25BrN2S. The maximum Gasteiger partial charge on any atom is 0.0565 e. The lowest BCUT2D eigenvalue weighted by Gasteiger charge is -2.30. The molecule has 1 aromatic rings. The molecule has 1 aromatic heterocycles. The molecule has 2 N–H and O–H groups in total. The Bertz CT molecular complexity index is 406. The van der Waals surface area contributed by atoms with Crippen molar-refractivity contribution < 1.29 is 0 Å². The van der Waals surface area contributed by atoms with Crippen molar-refractivity contribution in [1.29, 1.82) is 0 Å². The van der Waals surface area contributed by atoms with E-state index in [-0.39, 0.29) is 0 Å². The van der Waals surface area contributed by atoms with Crippen LogP contribution >= 0.6 is 27.3 Å². The summed E-state index contributed by atoms with van der Waals surface area (Å²) in [6.45, 7) is 9.94. The van der Waals surface area contributed by atoms with Crippen LogP contribution in [0.2, 0.25) is 0 Å². The topological polar surface area (TPSA) is 29.3 Å². The molecule has 19 heavy (non-hydrogen) atoms. The molecule has 0 aromatic carbocycles. The van der Waals surface area contributed by atoms with Gasteiger partial charge in [0.15, 0.2) is 0 Å². The van der Waals surface area contributed by atoms with Crippen LogP contribution in [0.25, 0.3) is 0 Å². The van der Waals surface area contributed by atoms with Crippen molar-refractivity contribution in [2.24, 2.45) is 11.1 Å². The fourth-order valence-corrected chi connectivity index (χ4v) is 4.86. The number of thiophene rings is 1. The van der Waals surface area contributed by atoms with Crippen molar-refractivity contribution in [1.82, 2.24) is 4.90 Å². The van der Waals surface area contributed by atoms with E-state index in [0.29, 0.717) is 11.5 Å². The normalized spacial score (nSPS) is 20.9. The fraction of sp³-hybridized carbons (Fsp3) is 0.733. The number of nitrogens with zero attached hydrogens (tertiary/aromatic N) is 1. The van der Waals surface area contributed by atoms with E-state index >= 15 is 0 Å². The molecule has 0 amide bonds. The van der Waals surface area contributed by atoms with Crippen LogP contribution < -0.4 is 5.73 Å². The van der Waals surface area contributed by atoms with Crippen LogP contribution in [0.4, 0.5) is 0 Å². The fourth-order valence-electron chi connectivity index (χ4n) is 3.15. The average Bonchev–Trinajstić information content (AvgIpc) is 2.97. The van der Waals surface area contributed by atoms with Gasteiger partial charge in [0.1, 0.15) is 0 Å². The van der Waals surface area contributed by atoms with E-state index in [2.05, 4.69) is 47.7 Å². The van der Waals surface area contributed by atoms with Gasteiger partial charge in [0.25, 0.3) is 0 Å². The quantitative estimate of drug-likeness (QED) is 0.861. The van der Waals surface area contributed by atoms with Crippen molar-refractivity contribution in [3.05, 3.63) is 20.3 Å². The molecule has 1 atom stereocenters. The molecule has 108 valence electrons. The van der Waals surface area contributed by atoms with Gasteiger partial charge >= 0.3 is 0 Å². The van der Waals surface area contributed by atoms with E-state index in [1.807, 2.05) is 11.3 Å². The van der Waals surface area contributed by atoms with Crippen molar-refractivity contribution in [3.8, 4) is 0 Å². The lowest BCUT2D eigenvalue weighted by atomic mass is 9.82. The molecule has 1 saturated heterocycles. The van der Waals surface area contributed by atoms with Crippen molar-refractivity contribution in [3.63, 3.8) is 0 Å². The Labute approximate surface area is 129 Å². The van der Waals surface area contributed by atoms with Crippen molar-refractivity contribution in [2.75, 3.05) is 19.6 Å². The molecule has 0 bridgehead atoms. The van der Waals surface area contributed by atoms with E-state index < -0.39 is 0 Å². The molecule has 2 nitrogen and oxygen atoms in total. The van der Waals surface area contributed by atoms with E-state index in [1.165, 1.54) is 46.6 Å². The first-order chi connectivity index (χ1) is 9.05. The van der Waals surface area contributed by atoms with E-state index in [9.17, 15) is 0 Å². The van der Waals surface area contributed by atoms with Gasteiger partial charge in [-0.2, -0.15) is 0 Å². The van der Waals surface area contributed by atoms with Gasteiger partial charge in [0.2, 0.25) is 0 Å². The van der Waals surface area contributed by atoms with E-state index in [1.54, 1.807) is 0 Å². The molecule has 2 rings (SSSR count). The number of aryl methyl sites for hydroxylation is 1. The Morgan fingerprint density at radius 1 is 1.47 bits per heavy atom. The van der Waals surface area contributed by atoms with Gasteiger partial charge in [0.05, 0.1) is 6.04 Å². The molecular weight excluding hydrogens is 320 g/mol. The van der Waals surface area contributed by atoms with Crippen LogP contribution in [0.1, 0.15) is 48.9 Å². The van der Waals surface area contributed by atoms with Crippen LogP contribution in [-0.2, 0) is 0 Å². The molecule has 0 spiro atoms. The Morgan fingerprint density at radius 3 is 2.58 bits per heavy atom. The Kier molecular flexibility index (Phi) is 5.09. The van der Waals surface area contributed by atoms with Gasteiger partial charge in [0, 0.05) is 27.3 Å². The minimum absolute atomic E-state index is 0.398. The number of likely N-dealkylation sites (tertiary alicyclic amines) is 1. The van der Waals surface area contributed by atoms with Crippen molar-refractivity contribution in [2.45, 2.75) is 46.1 Å². The van der Waals surface area contributed by atoms with Crippen molar-refractivity contribution >= 4 is 27.3 Å². The van der Waals surface area contributed by atoms with Gasteiger partial charge in [-0.05, 0) is 60.1 Å². The minimum atomic E-state index is 0.398. The Morgan fingerprint density at radius 2 is 2.16 bits per heavy atom. The highest BCUT2D eigenvalue weighted by Gasteiger charge is 2.38. The third-order valence-corrected chi connectivity index (χ3v) is 7.07. The number of rotatable bonds is 5. The largest absolute Gasteiger partial charge is 0.329 e. The summed E-state index contributed by atoms with van der Waals surface area (Å²) in [5, 5.41) is 0. The summed E-state index contributed by atoms with van der Waals surface area (Å²) in [6.07, 6.45) is 3.89. The SMILES string of the molecule is CCC1(CC)CCN(C(CN)c2cc(Br)c(C)s2)C1. The summed E-state index contributed by atoms with van der Waals surface area (Å²) >= 11 is 5.50. The molecule has 1 unspecified atom stereocenters. The first-order valence-corrected chi connectivity index (χ1v) is 8.86. The van der Waals surface area contributed by atoms with E-state index in [4.69, 9.17) is 5.73 Å². The van der Waals surface area contributed by atoms with Gasteiger partial charge in [-0.1, -0.05) is 13.8 Å². The second-order valence-corrected chi connectivity index (χ2v) is 7.87. The zero-order valence-electron chi connectivity index (χ0n) is 12.2. The predicted octanol–water partition coefficient (Wildman–Crippen LogP) is 4.33. The summed E-state index contributed by atoms with van der Waals surface area (Å²) in [4.78, 5) is 5.37. The molecule has 1 aliphatic rings. The predicted molar refractivity (Wildman–Crippen MR) is 87.8 cm³/mol. The molecule has 0 radical (unpaired) electrons. The van der Waals surface area contributed by atoms with Crippen LogP contribution in [0.5, 0.6) is 0 Å². The monoisotopic (exact) mass is 344 g/mol. The molecule has 0 aliphatic carbocycles. The summed E-state index contributed by atoms with van der Waals surface area (Å²) in [7, 11) is 0. The molecule has 1 fully saturated rings. The lowest BCUT2D eigenvalue weighted by molar-refractivity contribution is 0.199. The number of hydrogen-bond acceptors (Lipinski definition) is 3. The van der Waals surface area contributed by atoms with Crippen LogP contribution in [0.15, 0.2) is 10.5 Å². The highest BCUT2D eigenvalue weighted by molar-refractivity contribution is 9.10. The molecule has 4 heteroatoms. The second kappa shape index (κ2) is 6.25. The Balaban J connectivity index is 2.15. The standard InChI is InChI=1S/C15H25BrN2S/c1-4-15(5-2)6-7-18(10-15)13(9-17)14-8-12(16)11(3)19-14/h8,13H,4-7,9-10,17H2,1-3H3. The number of nitrogens with two attached hydrogens (primary N) is 1. The first kappa shape index (κ1) is 15.5. The first-order valence-electron chi connectivity index (χ1n) is 7.25. The molecule has 1 aliphatic heterocycles. The summed E-state index contributed by atoms with van der Waals surface area (Å²) in [5.74, 6) is 0. The lowest BCUT2D eigenvalue weighted by Crippen LogP contribution is -2.33. The summed E-state index contributed by atoms with van der Waals surface area (Å²) in [6, 6.07) is 2.66. The highest BCUT2D eigenvalue weighted by atomic mass is 79.9.